The van der Waals surface area contributed by atoms with Gasteiger partial charge in [0.25, 0.3) is 5.69 Å². The summed E-state index contributed by atoms with van der Waals surface area (Å²) in [7, 11) is 0. The summed E-state index contributed by atoms with van der Waals surface area (Å²) in [6.45, 7) is 2.49. The van der Waals surface area contributed by atoms with Gasteiger partial charge in [0.2, 0.25) is 0 Å². The number of benzene rings is 1. The predicted molar refractivity (Wildman–Crippen MR) is 57.4 cm³/mol. The van der Waals surface area contributed by atoms with Crippen LogP contribution in [-0.2, 0) is 15.3 Å². The number of ether oxygens (including phenoxy) is 2. The lowest BCUT2D eigenvalue weighted by molar-refractivity contribution is -0.387. The fourth-order valence-electron chi connectivity index (χ4n) is 1.70. The van der Waals surface area contributed by atoms with Gasteiger partial charge in [-0.1, -0.05) is 11.6 Å². The topological polar surface area (TPSA) is 61.6 Å². The van der Waals surface area contributed by atoms with Crippen molar-refractivity contribution < 1.29 is 14.4 Å². The van der Waals surface area contributed by atoms with Crippen molar-refractivity contribution in [2.75, 3.05) is 13.2 Å². The zero-order valence-corrected chi connectivity index (χ0v) is 9.36. The minimum absolute atomic E-state index is 0.0474. The Hall–Kier alpha value is -1.17. The zero-order chi connectivity index (χ0) is 11.8. The van der Waals surface area contributed by atoms with Crippen LogP contribution < -0.4 is 0 Å². The second kappa shape index (κ2) is 4.01. The Labute approximate surface area is 97.1 Å². The van der Waals surface area contributed by atoms with E-state index >= 15 is 0 Å². The molecule has 1 saturated heterocycles. The van der Waals surface area contributed by atoms with Gasteiger partial charge in [-0.15, -0.1) is 0 Å². The Morgan fingerprint density at radius 2 is 2.06 bits per heavy atom. The second-order valence-corrected chi connectivity index (χ2v) is 4.00. The normalized spacial score (nSPS) is 18.6. The minimum Gasteiger partial charge on any atom is -0.343 e. The first-order valence-corrected chi connectivity index (χ1v) is 5.13. The molecule has 0 aromatic heterocycles. The number of nitrogens with zero attached hydrogens (tertiary/aromatic N) is 1. The van der Waals surface area contributed by atoms with Crippen LogP contribution in [0.5, 0.6) is 0 Å². The van der Waals surface area contributed by atoms with E-state index in [1.165, 1.54) is 18.2 Å². The third kappa shape index (κ3) is 1.89. The van der Waals surface area contributed by atoms with Gasteiger partial charge in [0.15, 0.2) is 5.79 Å². The van der Waals surface area contributed by atoms with Crippen LogP contribution in [0.3, 0.4) is 0 Å². The molecular weight excluding hydrogens is 234 g/mol. The quantitative estimate of drug-likeness (QED) is 0.591. The molecule has 0 spiro atoms. The number of rotatable bonds is 2. The average Bonchev–Trinajstić information content (AvgIpc) is 2.66. The van der Waals surface area contributed by atoms with E-state index in [1.807, 2.05) is 0 Å². The molecule has 0 unspecified atom stereocenters. The maximum Gasteiger partial charge on any atom is 0.278 e. The zero-order valence-electron chi connectivity index (χ0n) is 8.60. The number of halogens is 1. The monoisotopic (exact) mass is 243 g/mol. The van der Waals surface area contributed by atoms with Crippen LogP contribution in [0.25, 0.3) is 0 Å². The maximum absolute atomic E-state index is 10.9. The fourth-order valence-corrected chi connectivity index (χ4v) is 1.87. The van der Waals surface area contributed by atoms with E-state index in [2.05, 4.69) is 0 Å². The lowest BCUT2D eigenvalue weighted by Crippen LogP contribution is -2.23. The lowest BCUT2D eigenvalue weighted by Gasteiger charge is -2.22. The predicted octanol–water partition coefficient (Wildman–Crippen LogP) is 2.47. The van der Waals surface area contributed by atoms with E-state index in [9.17, 15) is 10.1 Å². The first-order valence-electron chi connectivity index (χ1n) is 4.75. The third-order valence-electron chi connectivity index (χ3n) is 2.48. The maximum atomic E-state index is 10.9. The van der Waals surface area contributed by atoms with E-state index < -0.39 is 10.7 Å². The molecular formula is C10H10ClNO4. The molecule has 6 heteroatoms. The van der Waals surface area contributed by atoms with Gasteiger partial charge < -0.3 is 9.47 Å². The van der Waals surface area contributed by atoms with Crippen molar-refractivity contribution in [3.05, 3.63) is 38.9 Å². The van der Waals surface area contributed by atoms with Crippen molar-refractivity contribution >= 4 is 17.3 Å². The first kappa shape index (κ1) is 11.3. The average molecular weight is 244 g/mol. The van der Waals surface area contributed by atoms with Gasteiger partial charge in [-0.05, 0) is 19.1 Å². The van der Waals surface area contributed by atoms with Crippen molar-refractivity contribution in [3.63, 3.8) is 0 Å². The summed E-state index contributed by atoms with van der Waals surface area (Å²) in [5, 5.41) is 11.3. The first-order chi connectivity index (χ1) is 7.53. The molecule has 1 heterocycles. The molecule has 16 heavy (non-hydrogen) atoms. The van der Waals surface area contributed by atoms with Crippen molar-refractivity contribution in [2.24, 2.45) is 0 Å². The molecule has 1 aromatic rings. The van der Waals surface area contributed by atoms with Crippen molar-refractivity contribution in [2.45, 2.75) is 12.7 Å². The van der Waals surface area contributed by atoms with Gasteiger partial charge in [-0.2, -0.15) is 0 Å². The van der Waals surface area contributed by atoms with Gasteiger partial charge in [0, 0.05) is 11.1 Å². The molecule has 2 rings (SSSR count). The Bertz CT molecular complexity index is 429. The Morgan fingerprint density at radius 3 is 2.62 bits per heavy atom. The molecule has 1 aliphatic heterocycles. The molecule has 0 saturated carbocycles. The molecule has 0 bridgehead atoms. The smallest absolute Gasteiger partial charge is 0.278 e. The van der Waals surface area contributed by atoms with E-state index in [-0.39, 0.29) is 5.69 Å². The van der Waals surface area contributed by atoms with E-state index in [0.29, 0.717) is 23.8 Å². The summed E-state index contributed by atoms with van der Waals surface area (Å²) in [5.41, 5.74) is 0.302. The van der Waals surface area contributed by atoms with Crippen molar-refractivity contribution in [3.8, 4) is 0 Å². The summed E-state index contributed by atoms with van der Waals surface area (Å²) in [6.07, 6.45) is 0. The Morgan fingerprint density at radius 1 is 1.44 bits per heavy atom. The number of nitro groups is 1. The second-order valence-electron chi connectivity index (χ2n) is 3.56. The number of hydrogen-bond donors (Lipinski definition) is 0. The molecule has 86 valence electrons. The fraction of sp³-hybridized carbons (Fsp3) is 0.400. The van der Waals surface area contributed by atoms with Crippen LogP contribution in [-0.4, -0.2) is 18.1 Å². The van der Waals surface area contributed by atoms with Gasteiger partial charge in [0.05, 0.1) is 23.7 Å². The van der Waals surface area contributed by atoms with Crippen LogP contribution in [0.4, 0.5) is 5.69 Å². The van der Waals surface area contributed by atoms with Gasteiger partial charge in [0.1, 0.15) is 0 Å². The summed E-state index contributed by atoms with van der Waals surface area (Å²) in [5.74, 6) is -1.08. The molecule has 1 aromatic carbocycles. The Balaban J connectivity index is 2.52. The van der Waals surface area contributed by atoms with Crippen LogP contribution in [0.15, 0.2) is 18.2 Å². The summed E-state index contributed by atoms with van der Waals surface area (Å²) in [6, 6.07) is 4.33. The highest BCUT2D eigenvalue weighted by Gasteiger charge is 2.38. The lowest BCUT2D eigenvalue weighted by atomic mass is 10.1. The van der Waals surface area contributed by atoms with E-state index in [4.69, 9.17) is 21.1 Å². The molecule has 0 N–H and O–H groups in total. The molecule has 0 radical (unpaired) electrons. The van der Waals surface area contributed by atoms with Crippen molar-refractivity contribution in [1.82, 2.24) is 0 Å². The van der Waals surface area contributed by atoms with E-state index in [0.717, 1.165) is 0 Å². The number of hydrogen-bond acceptors (Lipinski definition) is 4. The highest BCUT2D eigenvalue weighted by atomic mass is 35.5. The molecule has 0 amide bonds. The standard InChI is InChI=1S/C10H10ClNO4/c1-10(15-4-5-16-10)8-6-7(11)2-3-9(8)12(13)14/h2-3,6H,4-5H2,1H3. The van der Waals surface area contributed by atoms with Crippen LogP contribution in [0.1, 0.15) is 12.5 Å². The minimum atomic E-state index is -1.08. The highest BCUT2D eigenvalue weighted by molar-refractivity contribution is 6.30. The van der Waals surface area contributed by atoms with Gasteiger partial charge in [-0.25, -0.2) is 0 Å². The number of nitro benzene ring substituents is 1. The summed E-state index contributed by atoms with van der Waals surface area (Å²) < 4.78 is 10.8. The molecule has 5 nitrogen and oxygen atoms in total. The van der Waals surface area contributed by atoms with E-state index in [1.54, 1.807) is 6.92 Å². The molecule has 0 atom stereocenters. The summed E-state index contributed by atoms with van der Waals surface area (Å²) >= 11 is 5.83. The summed E-state index contributed by atoms with van der Waals surface area (Å²) in [4.78, 5) is 10.4. The van der Waals surface area contributed by atoms with Crippen LogP contribution in [0, 0.1) is 10.1 Å². The largest absolute Gasteiger partial charge is 0.343 e. The van der Waals surface area contributed by atoms with Crippen molar-refractivity contribution in [1.29, 1.82) is 0 Å². The van der Waals surface area contributed by atoms with Crippen LogP contribution in [0.2, 0.25) is 5.02 Å². The highest BCUT2D eigenvalue weighted by Crippen LogP contribution is 2.37. The molecule has 0 aliphatic carbocycles. The molecule has 1 fully saturated rings. The van der Waals surface area contributed by atoms with Gasteiger partial charge >= 0.3 is 0 Å². The van der Waals surface area contributed by atoms with Gasteiger partial charge in [-0.3, -0.25) is 10.1 Å². The Kier molecular flexibility index (Phi) is 2.84. The molecule has 1 aliphatic rings. The van der Waals surface area contributed by atoms with Crippen LogP contribution >= 0.6 is 11.6 Å². The SMILES string of the molecule is CC1(c2cc(Cl)ccc2[N+](=O)[O-])OCCO1. The third-order valence-corrected chi connectivity index (χ3v) is 2.72.